The first kappa shape index (κ1) is 24.6. The summed E-state index contributed by atoms with van der Waals surface area (Å²) in [6.07, 6.45) is 0. The molecule has 42 heavy (non-hydrogen) atoms. The molecule has 9 heteroatoms. The molecule has 1 unspecified atom stereocenters. The third-order valence-corrected chi connectivity index (χ3v) is 9.01. The lowest BCUT2D eigenvalue weighted by molar-refractivity contribution is -0.121. The molecule has 7 nitrogen and oxygen atoms in total. The number of nitrogens with zero attached hydrogens (tertiary/aromatic N) is 3. The van der Waals surface area contributed by atoms with Crippen LogP contribution < -0.4 is 15.2 Å². The highest BCUT2D eigenvalue weighted by Gasteiger charge is 2.66. The summed E-state index contributed by atoms with van der Waals surface area (Å²) < 4.78 is 20.7. The van der Waals surface area contributed by atoms with Crippen LogP contribution >= 0.6 is 11.3 Å². The molecule has 0 aliphatic carbocycles. The van der Waals surface area contributed by atoms with Crippen LogP contribution in [0.2, 0.25) is 0 Å². The number of carbonyl (C=O) groups excluding carboxylic acids is 2. The second kappa shape index (κ2) is 8.67. The fraction of sp³-hybridized carbons (Fsp3) is 0.0909. The van der Waals surface area contributed by atoms with Crippen molar-refractivity contribution in [3.63, 3.8) is 0 Å². The maximum atomic E-state index is 15.0. The number of halogens is 1. The molecule has 8 rings (SSSR count). The van der Waals surface area contributed by atoms with Gasteiger partial charge in [0, 0.05) is 5.56 Å². The van der Waals surface area contributed by atoms with E-state index in [4.69, 9.17) is 9.40 Å². The number of anilines is 2. The number of aryl methyl sites for hydroxylation is 1. The molecule has 2 amide bonds. The molecular formula is C33H20FN3O4S. The molecule has 4 heterocycles. The van der Waals surface area contributed by atoms with Gasteiger partial charge in [-0.05, 0) is 60.5 Å². The van der Waals surface area contributed by atoms with E-state index in [0.29, 0.717) is 22.3 Å². The van der Waals surface area contributed by atoms with E-state index in [9.17, 15) is 18.8 Å². The molecule has 0 radical (unpaired) electrons. The van der Waals surface area contributed by atoms with E-state index >= 15 is 0 Å². The Morgan fingerprint density at radius 1 is 0.929 bits per heavy atom. The normalized spacial score (nSPS) is 17.6. The lowest BCUT2D eigenvalue weighted by Gasteiger charge is -2.32. The Bertz CT molecular complexity index is 2190. The Morgan fingerprint density at radius 2 is 1.69 bits per heavy atom. The van der Waals surface area contributed by atoms with Crippen LogP contribution in [0.4, 0.5) is 15.2 Å². The predicted octanol–water partition coefficient (Wildman–Crippen LogP) is 6.30. The minimum Gasteiger partial charge on any atom is -0.450 e. The summed E-state index contributed by atoms with van der Waals surface area (Å²) in [5.41, 5.74) is 1.33. The van der Waals surface area contributed by atoms with Crippen molar-refractivity contribution in [1.29, 1.82) is 0 Å². The standard InChI is InChI=1S/C33H20FN3O4S/c1-18-10-15-23-26(16-18)42-32(35-23)37-30(39)29-27(28(38)21-6-2-5-9-25(21)41-29)33(37)22-7-3-4-8-24(22)36(31(33)40)17-19-11-13-20(34)14-12-19/h2-16H,17H2,1H3. The molecule has 2 aliphatic heterocycles. The van der Waals surface area contributed by atoms with Crippen LogP contribution in [0.3, 0.4) is 0 Å². The van der Waals surface area contributed by atoms with Gasteiger partial charge in [0.1, 0.15) is 11.4 Å². The minimum absolute atomic E-state index is 0.0271. The molecule has 0 saturated carbocycles. The number of para-hydroxylation sites is 2. The summed E-state index contributed by atoms with van der Waals surface area (Å²) in [5, 5.41) is 0.551. The first-order valence-corrected chi connectivity index (χ1v) is 14.1. The lowest BCUT2D eigenvalue weighted by atomic mass is 9.84. The van der Waals surface area contributed by atoms with E-state index in [1.807, 2.05) is 25.1 Å². The second-order valence-electron chi connectivity index (χ2n) is 10.5. The van der Waals surface area contributed by atoms with Crippen molar-refractivity contribution >= 4 is 55.2 Å². The van der Waals surface area contributed by atoms with E-state index in [1.165, 1.54) is 28.4 Å². The Labute approximate surface area is 242 Å². The maximum absolute atomic E-state index is 15.0. The van der Waals surface area contributed by atoms with Crippen LogP contribution in [0.15, 0.2) is 100 Å². The Kier molecular flexibility index (Phi) is 5.09. The van der Waals surface area contributed by atoms with Gasteiger partial charge in [-0.1, -0.05) is 59.9 Å². The lowest BCUT2D eigenvalue weighted by Crippen LogP contribution is -2.53. The van der Waals surface area contributed by atoms with Gasteiger partial charge in [-0.3, -0.25) is 19.3 Å². The average molecular weight is 574 g/mol. The number of amides is 2. The van der Waals surface area contributed by atoms with Crippen molar-refractivity contribution in [2.45, 2.75) is 19.0 Å². The zero-order chi connectivity index (χ0) is 28.7. The van der Waals surface area contributed by atoms with Gasteiger partial charge in [0.2, 0.25) is 5.76 Å². The zero-order valence-electron chi connectivity index (χ0n) is 22.1. The van der Waals surface area contributed by atoms with Crippen molar-refractivity contribution in [3.05, 3.63) is 135 Å². The molecule has 0 saturated heterocycles. The molecule has 1 spiro atoms. The molecule has 204 valence electrons. The summed E-state index contributed by atoms with van der Waals surface area (Å²) in [7, 11) is 0. The van der Waals surface area contributed by atoms with E-state index < -0.39 is 22.8 Å². The smallest absolute Gasteiger partial charge is 0.297 e. The van der Waals surface area contributed by atoms with Crippen LogP contribution in [0.25, 0.3) is 21.2 Å². The fourth-order valence-electron chi connectivity index (χ4n) is 6.15. The molecular weight excluding hydrogens is 553 g/mol. The highest BCUT2D eigenvalue weighted by molar-refractivity contribution is 7.22. The number of benzene rings is 4. The summed E-state index contributed by atoms with van der Waals surface area (Å²) in [4.78, 5) is 51.3. The number of fused-ring (bicyclic) bond motifs is 6. The molecule has 0 fully saturated rings. The first-order valence-electron chi connectivity index (χ1n) is 13.3. The molecule has 2 aromatic heterocycles. The van der Waals surface area contributed by atoms with E-state index in [0.717, 1.165) is 10.3 Å². The summed E-state index contributed by atoms with van der Waals surface area (Å²) in [5.74, 6) is -1.67. The highest BCUT2D eigenvalue weighted by atomic mass is 32.1. The van der Waals surface area contributed by atoms with Gasteiger partial charge in [-0.2, -0.15) is 0 Å². The van der Waals surface area contributed by atoms with Gasteiger partial charge in [0.15, 0.2) is 16.1 Å². The largest absolute Gasteiger partial charge is 0.450 e. The third-order valence-electron chi connectivity index (χ3n) is 8.01. The molecule has 1 atom stereocenters. The van der Waals surface area contributed by atoms with Crippen LogP contribution in [-0.4, -0.2) is 16.8 Å². The van der Waals surface area contributed by atoms with Crippen LogP contribution in [0, 0.1) is 12.7 Å². The van der Waals surface area contributed by atoms with Crippen molar-refractivity contribution in [2.24, 2.45) is 0 Å². The third kappa shape index (κ3) is 3.19. The van der Waals surface area contributed by atoms with Gasteiger partial charge >= 0.3 is 0 Å². The number of hydrogen-bond acceptors (Lipinski definition) is 6. The first-order chi connectivity index (χ1) is 20.4. The van der Waals surface area contributed by atoms with E-state index in [2.05, 4.69) is 0 Å². The van der Waals surface area contributed by atoms with Gasteiger partial charge in [0.25, 0.3) is 11.8 Å². The minimum atomic E-state index is -1.85. The Hall–Kier alpha value is -5.15. The summed E-state index contributed by atoms with van der Waals surface area (Å²) in [6, 6.07) is 25.5. The van der Waals surface area contributed by atoms with Crippen LogP contribution in [0.1, 0.15) is 32.8 Å². The Morgan fingerprint density at radius 3 is 2.52 bits per heavy atom. The van der Waals surface area contributed by atoms with Crippen molar-refractivity contribution in [1.82, 2.24) is 4.98 Å². The van der Waals surface area contributed by atoms with Crippen molar-refractivity contribution < 1.29 is 18.4 Å². The fourth-order valence-corrected chi connectivity index (χ4v) is 7.27. The molecule has 4 aromatic carbocycles. The zero-order valence-corrected chi connectivity index (χ0v) is 22.9. The van der Waals surface area contributed by atoms with Crippen molar-refractivity contribution in [3.8, 4) is 0 Å². The maximum Gasteiger partial charge on any atom is 0.297 e. The Balaban J connectivity index is 1.44. The van der Waals surface area contributed by atoms with Gasteiger partial charge in [0.05, 0.1) is 33.4 Å². The van der Waals surface area contributed by atoms with Gasteiger partial charge in [-0.15, -0.1) is 0 Å². The SMILES string of the molecule is Cc1ccc2nc(N3C(=O)c4oc5ccccc5c(=O)c4C34C(=O)N(Cc3ccc(F)cc3)c3ccccc34)sc2c1. The van der Waals surface area contributed by atoms with Crippen LogP contribution in [-0.2, 0) is 16.9 Å². The summed E-state index contributed by atoms with van der Waals surface area (Å²) in [6.45, 7) is 2.07. The molecule has 0 N–H and O–H groups in total. The van der Waals surface area contributed by atoms with Crippen molar-refractivity contribution in [2.75, 3.05) is 9.80 Å². The highest BCUT2D eigenvalue weighted by Crippen LogP contribution is 2.55. The van der Waals surface area contributed by atoms with E-state index in [-0.39, 0.29) is 39.8 Å². The predicted molar refractivity (Wildman–Crippen MR) is 158 cm³/mol. The topological polar surface area (TPSA) is 83.7 Å². The summed E-state index contributed by atoms with van der Waals surface area (Å²) >= 11 is 1.28. The van der Waals surface area contributed by atoms with E-state index in [1.54, 1.807) is 65.6 Å². The number of carbonyl (C=O) groups is 2. The monoisotopic (exact) mass is 573 g/mol. The molecule has 2 aliphatic rings. The number of rotatable bonds is 3. The van der Waals surface area contributed by atoms with Gasteiger partial charge in [-0.25, -0.2) is 9.37 Å². The number of hydrogen-bond donors (Lipinski definition) is 0. The number of aromatic nitrogens is 1. The molecule has 0 bridgehead atoms. The average Bonchev–Trinajstić information content (AvgIpc) is 3.60. The number of thiazole rings is 1. The van der Waals surface area contributed by atoms with Crippen LogP contribution in [0.5, 0.6) is 0 Å². The van der Waals surface area contributed by atoms with Gasteiger partial charge < -0.3 is 9.32 Å². The quantitative estimate of drug-likeness (QED) is 0.248. The molecule has 6 aromatic rings. The second-order valence-corrected chi connectivity index (χ2v) is 11.5.